The fourth-order valence-corrected chi connectivity index (χ4v) is 5.06. The summed E-state index contributed by atoms with van der Waals surface area (Å²) in [6, 6.07) is 5.42. The number of ether oxygens (including phenoxy) is 2. The molecule has 0 spiro atoms. The minimum Gasteiger partial charge on any atom is -0.454 e. The highest BCUT2D eigenvalue weighted by atomic mass is 32.2. The molecular weight excluding hydrogens is 384 g/mol. The van der Waals surface area contributed by atoms with E-state index in [2.05, 4.69) is 4.74 Å². The van der Waals surface area contributed by atoms with Gasteiger partial charge in [0.25, 0.3) is 5.91 Å². The number of sulfonamides is 1. The van der Waals surface area contributed by atoms with Crippen LogP contribution in [0.25, 0.3) is 0 Å². The van der Waals surface area contributed by atoms with E-state index in [1.807, 2.05) is 6.07 Å². The first-order valence-corrected chi connectivity index (χ1v) is 10.9. The smallest absolute Gasteiger partial charge is 0.332 e. The largest absolute Gasteiger partial charge is 0.454 e. The average Bonchev–Trinajstić information content (AvgIpc) is 2.72. The highest BCUT2D eigenvalue weighted by Gasteiger charge is 2.31. The fraction of sp³-hybridized carbons (Fsp3) is 0.579. The van der Waals surface area contributed by atoms with Crippen LogP contribution in [0.4, 0.5) is 0 Å². The van der Waals surface area contributed by atoms with Crippen LogP contribution in [0, 0.1) is 0 Å². The summed E-state index contributed by atoms with van der Waals surface area (Å²) in [6.45, 7) is 0.407. The number of piperazine rings is 1. The summed E-state index contributed by atoms with van der Waals surface area (Å²) in [7, 11) is -2.22. The summed E-state index contributed by atoms with van der Waals surface area (Å²) in [4.78, 5) is 25.2. The molecule has 2 aliphatic rings. The predicted molar refractivity (Wildman–Crippen MR) is 101 cm³/mol. The number of methoxy groups -OCH3 is 1. The number of carbonyl (C=O) groups excluding carboxylic acids is 2. The molecule has 0 atom stereocenters. The van der Waals surface area contributed by atoms with E-state index in [0.717, 1.165) is 31.2 Å². The van der Waals surface area contributed by atoms with E-state index in [0.29, 0.717) is 4.90 Å². The number of amides is 1. The van der Waals surface area contributed by atoms with Gasteiger partial charge in [0.1, 0.15) is 6.61 Å². The predicted octanol–water partition coefficient (Wildman–Crippen LogP) is 0.588. The van der Waals surface area contributed by atoms with Crippen LogP contribution >= 0.6 is 0 Å². The SMILES string of the molecule is COCC(=O)OCC(=O)N1CCN(S(=O)(=O)c2ccc3c(c2)CCCC3)CC1. The Morgan fingerprint density at radius 3 is 2.36 bits per heavy atom. The maximum absolute atomic E-state index is 13.0. The van der Waals surface area contributed by atoms with Crippen molar-refractivity contribution in [2.24, 2.45) is 0 Å². The number of hydrogen-bond donors (Lipinski definition) is 0. The van der Waals surface area contributed by atoms with Crippen LogP contribution in [-0.4, -0.2) is 76.0 Å². The standard InChI is InChI=1S/C19H26N2O6S/c1-26-14-19(23)27-13-18(22)20-8-10-21(11-9-20)28(24,25)17-7-6-15-4-2-3-5-16(15)12-17/h6-7,12H,2-5,8-11,13-14H2,1H3. The third-order valence-corrected chi connectivity index (χ3v) is 7.06. The third kappa shape index (κ3) is 4.71. The molecule has 9 heteroatoms. The number of aryl methyl sites for hydroxylation is 2. The zero-order valence-electron chi connectivity index (χ0n) is 16.1. The zero-order valence-corrected chi connectivity index (χ0v) is 16.9. The third-order valence-electron chi connectivity index (χ3n) is 5.17. The van der Waals surface area contributed by atoms with Crippen molar-refractivity contribution in [3.8, 4) is 0 Å². The van der Waals surface area contributed by atoms with E-state index >= 15 is 0 Å². The van der Waals surface area contributed by atoms with Crippen LogP contribution in [0.3, 0.4) is 0 Å². The van der Waals surface area contributed by atoms with E-state index in [4.69, 9.17) is 4.74 Å². The molecule has 1 aliphatic carbocycles. The lowest BCUT2D eigenvalue weighted by atomic mass is 9.92. The van der Waals surface area contributed by atoms with Crippen molar-refractivity contribution in [2.75, 3.05) is 46.5 Å². The second-order valence-electron chi connectivity index (χ2n) is 7.02. The first-order chi connectivity index (χ1) is 13.4. The van der Waals surface area contributed by atoms with E-state index < -0.39 is 16.0 Å². The van der Waals surface area contributed by atoms with Crippen LogP contribution in [0.1, 0.15) is 24.0 Å². The second kappa shape index (κ2) is 9.02. The number of nitrogens with zero attached hydrogens (tertiary/aromatic N) is 2. The molecule has 0 saturated carbocycles. The van der Waals surface area contributed by atoms with Gasteiger partial charge in [-0.05, 0) is 48.9 Å². The van der Waals surface area contributed by atoms with Crippen molar-refractivity contribution in [1.29, 1.82) is 0 Å². The minimum absolute atomic E-state index is 0.208. The summed E-state index contributed by atoms with van der Waals surface area (Å²) in [5.41, 5.74) is 2.36. The number of fused-ring (bicyclic) bond motifs is 1. The quantitative estimate of drug-likeness (QED) is 0.637. The van der Waals surface area contributed by atoms with E-state index in [-0.39, 0.29) is 45.3 Å². The summed E-state index contributed by atoms with van der Waals surface area (Å²) in [5.74, 6) is -0.945. The molecule has 1 fully saturated rings. The number of rotatable bonds is 6. The van der Waals surface area contributed by atoms with Crippen LogP contribution in [-0.2, 0) is 41.9 Å². The van der Waals surface area contributed by atoms with Crippen LogP contribution in [0.15, 0.2) is 23.1 Å². The van der Waals surface area contributed by atoms with Gasteiger partial charge >= 0.3 is 5.97 Å². The molecule has 154 valence electrons. The lowest BCUT2D eigenvalue weighted by Crippen LogP contribution is -2.51. The maximum atomic E-state index is 13.0. The molecule has 1 heterocycles. The van der Waals surface area contributed by atoms with Gasteiger partial charge in [-0.25, -0.2) is 13.2 Å². The molecule has 28 heavy (non-hydrogen) atoms. The van der Waals surface area contributed by atoms with Gasteiger partial charge in [0.2, 0.25) is 10.0 Å². The highest BCUT2D eigenvalue weighted by molar-refractivity contribution is 7.89. The summed E-state index contributed by atoms with van der Waals surface area (Å²) in [6.07, 6.45) is 4.16. The monoisotopic (exact) mass is 410 g/mol. The molecule has 3 rings (SSSR count). The Morgan fingerprint density at radius 2 is 1.68 bits per heavy atom. The van der Waals surface area contributed by atoms with E-state index in [1.165, 1.54) is 21.9 Å². The molecule has 0 radical (unpaired) electrons. The molecular formula is C19H26N2O6S. The Labute approximate surface area is 165 Å². The molecule has 0 unspecified atom stereocenters. The Bertz CT molecular complexity index is 831. The molecule has 1 saturated heterocycles. The van der Waals surface area contributed by atoms with Crippen molar-refractivity contribution >= 4 is 21.9 Å². The van der Waals surface area contributed by atoms with Crippen LogP contribution < -0.4 is 0 Å². The van der Waals surface area contributed by atoms with Crippen molar-refractivity contribution in [1.82, 2.24) is 9.21 Å². The Hall–Kier alpha value is -1.97. The first-order valence-electron chi connectivity index (χ1n) is 9.46. The molecule has 1 aromatic carbocycles. The minimum atomic E-state index is -3.58. The van der Waals surface area contributed by atoms with E-state index in [9.17, 15) is 18.0 Å². The summed E-state index contributed by atoms with van der Waals surface area (Å²) < 4.78 is 36.8. The first kappa shape index (κ1) is 20.8. The molecule has 0 N–H and O–H groups in total. The van der Waals surface area contributed by atoms with E-state index in [1.54, 1.807) is 12.1 Å². The second-order valence-corrected chi connectivity index (χ2v) is 8.95. The maximum Gasteiger partial charge on any atom is 0.332 e. The Balaban J connectivity index is 1.58. The van der Waals surface area contributed by atoms with Gasteiger partial charge in [0.05, 0.1) is 4.90 Å². The van der Waals surface area contributed by atoms with Crippen molar-refractivity contribution in [2.45, 2.75) is 30.6 Å². The van der Waals surface area contributed by atoms with Gasteiger partial charge in [-0.2, -0.15) is 4.31 Å². The van der Waals surface area contributed by atoms with Crippen molar-refractivity contribution < 1.29 is 27.5 Å². The molecule has 1 aromatic rings. The van der Waals surface area contributed by atoms with Gasteiger partial charge in [0.15, 0.2) is 6.61 Å². The van der Waals surface area contributed by atoms with Crippen molar-refractivity contribution in [3.63, 3.8) is 0 Å². The molecule has 1 amide bonds. The number of esters is 1. The molecule has 0 aromatic heterocycles. The van der Waals surface area contributed by atoms with Crippen molar-refractivity contribution in [3.05, 3.63) is 29.3 Å². The number of benzene rings is 1. The van der Waals surface area contributed by atoms with Crippen LogP contribution in [0.5, 0.6) is 0 Å². The molecule has 0 bridgehead atoms. The lowest BCUT2D eigenvalue weighted by molar-refractivity contribution is -0.155. The van der Waals surface area contributed by atoms with Gasteiger partial charge in [-0.3, -0.25) is 4.79 Å². The topological polar surface area (TPSA) is 93.2 Å². The van der Waals surface area contributed by atoms with Crippen LogP contribution in [0.2, 0.25) is 0 Å². The normalized spacial score (nSPS) is 17.8. The summed E-state index contributed by atoms with van der Waals surface area (Å²) in [5, 5.41) is 0. The lowest BCUT2D eigenvalue weighted by Gasteiger charge is -2.34. The molecule has 8 nitrogen and oxygen atoms in total. The Kier molecular flexibility index (Phi) is 6.69. The fourth-order valence-electron chi connectivity index (χ4n) is 3.59. The highest BCUT2D eigenvalue weighted by Crippen LogP contribution is 2.26. The summed E-state index contributed by atoms with van der Waals surface area (Å²) >= 11 is 0. The van der Waals surface area contributed by atoms with Gasteiger partial charge in [-0.15, -0.1) is 0 Å². The number of carbonyl (C=O) groups is 2. The molecule has 1 aliphatic heterocycles. The van der Waals surface area contributed by atoms with Gasteiger partial charge in [-0.1, -0.05) is 6.07 Å². The van der Waals surface area contributed by atoms with Gasteiger partial charge < -0.3 is 14.4 Å². The van der Waals surface area contributed by atoms with Gasteiger partial charge in [0, 0.05) is 33.3 Å². The average molecular weight is 410 g/mol. The Morgan fingerprint density at radius 1 is 1.00 bits per heavy atom. The number of hydrogen-bond acceptors (Lipinski definition) is 6. The zero-order chi connectivity index (χ0) is 20.1.